The first-order valence-electron chi connectivity index (χ1n) is 6.52. The number of aromatic nitrogens is 4. The van der Waals surface area contributed by atoms with Crippen LogP contribution in [0, 0.1) is 6.92 Å². The van der Waals surface area contributed by atoms with Crippen LogP contribution in [0.15, 0.2) is 29.0 Å². The molecular weight excluding hydrogens is 272 g/mol. The number of aryl methyl sites for hydroxylation is 1. The summed E-state index contributed by atoms with van der Waals surface area (Å²) >= 11 is 1.46. The van der Waals surface area contributed by atoms with E-state index in [-0.39, 0.29) is 5.56 Å². The maximum absolute atomic E-state index is 12.5. The molecule has 0 aliphatic heterocycles. The molecule has 6 heteroatoms. The Bertz CT molecular complexity index is 812. The number of nitrogens with zero attached hydrogens (tertiary/aromatic N) is 4. The molecule has 0 amide bonds. The quantitative estimate of drug-likeness (QED) is 0.744. The second-order valence-electron chi connectivity index (χ2n) is 5.16. The van der Waals surface area contributed by atoms with E-state index in [0.29, 0.717) is 12.6 Å². The molecular formula is C14H16N4OS. The lowest BCUT2D eigenvalue weighted by Crippen LogP contribution is -2.22. The fourth-order valence-corrected chi connectivity index (χ4v) is 3.22. The predicted molar refractivity (Wildman–Crippen MR) is 80.3 cm³/mol. The van der Waals surface area contributed by atoms with E-state index in [9.17, 15) is 4.79 Å². The molecule has 0 aliphatic carbocycles. The van der Waals surface area contributed by atoms with E-state index in [1.165, 1.54) is 11.3 Å². The van der Waals surface area contributed by atoms with Crippen molar-refractivity contribution in [1.82, 2.24) is 19.1 Å². The number of hydrogen-bond acceptors (Lipinski definition) is 4. The van der Waals surface area contributed by atoms with Gasteiger partial charge in [-0.25, -0.2) is 9.97 Å². The standard InChI is InChI=1S/C14H16N4OS/c1-9(2)18-7-15-4-11(18)5-17-8-16-12-10(3)6-20-13(12)14(17)19/h4,6-9H,5H2,1-3H3. The Balaban J connectivity index is 2.05. The molecule has 0 aromatic carbocycles. The van der Waals surface area contributed by atoms with E-state index in [2.05, 4.69) is 28.4 Å². The summed E-state index contributed by atoms with van der Waals surface area (Å²) in [6, 6.07) is 0.323. The molecule has 0 radical (unpaired) electrons. The first kappa shape index (κ1) is 13.1. The van der Waals surface area contributed by atoms with Crippen LogP contribution < -0.4 is 5.56 Å². The molecule has 0 bridgehead atoms. The topological polar surface area (TPSA) is 52.7 Å². The van der Waals surface area contributed by atoms with Gasteiger partial charge in [0.05, 0.1) is 30.4 Å². The number of fused-ring (bicyclic) bond motifs is 1. The number of imidazole rings is 1. The highest BCUT2D eigenvalue weighted by Crippen LogP contribution is 2.19. The summed E-state index contributed by atoms with van der Waals surface area (Å²) in [6.07, 6.45) is 5.23. The summed E-state index contributed by atoms with van der Waals surface area (Å²) in [5, 5.41) is 1.97. The molecule has 3 aromatic heterocycles. The third-order valence-corrected chi connectivity index (χ3v) is 4.43. The minimum Gasteiger partial charge on any atom is -0.330 e. The van der Waals surface area contributed by atoms with Gasteiger partial charge in [0, 0.05) is 12.2 Å². The molecule has 0 fully saturated rings. The number of thiophene rings is 1. The van der Waals surface area contributed by atoms with Crippen LogP contribution in [0.2, 0.25) is 0 Å². The van der Waals surface area contributed by atoms with E-state index in [4.69, 9.17) is 0 Å². The summed E-state index contributed by atoms with van der Waals surface area (Å²) in [6.45, 7) is 6.66. The van der Waals surface area contributed by atoms with E-state index >= 15 is 0 Å². The summed E-state index contributed by atoms with van der Waals surface area (Å²) < 4.78 is 4.44. The molecule has 0 unspecified atom stereocenters. The number of rotatable bonds is 3. The fourth-order valence-electron chi connectivity index (χ4n) is 2.27. The van der Waals surface area contributed by atoms with Crippen molar-refractivity contribution in [2.45, 2.75) is 33.4 Å². The van der Waals surface area contributed by atoms with Crippen molar-refractivity contribution in [2.24, 2.45) is 0 Å². The first-order chi connectivity index (χ1) is 9.58. The molecule has 104 valence electrons. The second kappa shape index (κ2) is 4.86. The summed E-state index contributed by atoms with van der Waals surface area (Å²) in [5.74, 6) is 0. The fraction of sp³-hybridized carbons (Fsp3) is 0.357. The van der Waals surface area contributed by atoms with Crippen LogP contribution in [0.4, 0.5) is 0 Å². The monoisotopic (exact) mass is 288 g/mol. The smallest absolute Gasteiger partial charge is 0.271 e. The molecule has 3 aromatic rings. The summed E-state index contributed by atoms with van der Waals surface area (Å²) in [7, 11) is 0. The Morgan fingerprint density at radius 2 is 2.15 bits per heavy atom. The molecule has 3 heterocycles. The highest BCUT2D eigenvalue weighted by atomic mass is 32.1. The SMILES string of the molecule is Cc1csc2c(=O)n(Cc3cncn3C(C)C)cnc12. The van der Waals surface area contributed by atoms with Gasteiger partial charge in [0.25, 0.3) is 5.56 Å². The van der Waals surface area contributed by atoms with Gasteiger partial charge in [-0.15, -0.1) is 11.3 Å². The Kier molecular flexibility index (Phi) is 3.17. The Labute approximate surface area is 120 Å². The van der Waals surface area contributed by atoms with Gasteiger partial charge in [0.2, 0.25) is 0 Å². The van der Waals surface area contributed by atoms with Crippen molar-refractivity contribution >= 4 is 21.6 Å². The Hall–Kier alpha value is -1.95. The molecule has 0 aliphatic rings. The van der Waals surface area contributed by atoms with Crippen LogP contribution in [0.5, 0.6) is 0 Å². The molecule has 0 spiro atoms. The molecule has 3 rings (SSSR count). The van der Waals surface area contributed by atoms with Crippen LogP contribution in [-0.4, -0.2) is 19.1 Å². The van der Waals surface area contributed by atoms with Crippen LogP contribution in [0.25, 0.3) is 10.2 Å². The normalized spacial score (nSPS) is 11.6. The van der Waals surface area contributed by atoms with Crippen molar-refractivity contribution in [2.75, 3.05) is 0 Å². The molecule has 0 N–H and O–H groups in total. The van der Waals surface area contributed by atoms with Crippen molar-refractivity contribution < 1.29 is 0 Å². The minimum atomic E-state index is 0.0182. The van der Waals surface area contributed by atoms with Crippen molar-refractivity contribution in [1.29, 1.82) is 0 Å². The highest BCUT2D eigenvalue weighted by molar-refractivity contribution is 7.17. The van der Waals surface area contributed by atoms with Gasteiger partial charge in [-0.2, -0.15) is 0 Å². The van der Waals surface area contributed by atoms with E-state index < -0.39 is 0 Å². The van der Waals surface area contributed by atoms with Crippen LogP contribution in [-0.2, 0) is 6.54 Å². The summed E-state index contributed by atoms with van der Waals surface area (Å²) in [5.41, 5.74) is 2.90. The molecule has 0 atom stereocenters. The van der Waals surface area contributed by atoms with Crippen molar-refractivity contribution in [3.05, 3.63) is 45.8 Å². The highest BCUT2D eigenvalue weighted by Gasteiger charge is 2.11. The van der Waals surface area contributed by atoms with Crippen LogP contribution >= 0.6 is 11.3 Å². The zero-order valence-corrected chi connectivity index (χ0v) is 12.5. The lowest BCUT2D eigenvalue weighted by atomic mass is 10.3. The molecule has 0 saturated heterocycles. The Morgan fingerprint density at radius 3 is 2.90 bits per heavy atom. The van der Waals surface area contributed by atoms with Gasteiger partial charge < -0.3 is 4.57 Å². The second-order valence-corrected chi connectivity index (χ2v) is 6.04. The zero-order chi connectivity index (χ0) is 14.3. The summed E-state index contributed by atoms with van der Waals surface area (Å²) in [4.78, 5) is 21.0. The predicted octanol–water partition coefficient (Wildman–Crippen LogP) is 2.59. The van der Waals surface area contributed by atoms with Gasteiger partial charge in [-0.3, -0.25) is 9.36 Å². The zero-order valence-electron chi connectivity index (χ0n) is 11.7. The van der Waals surface area contributed by atoms with Gasteiger partial charge in [-0.1, -0.05) is 0 Å². The Morgan fingerprint density at radius 1 is 1.35 bits per heavy atom. The number of hydrogen-bond donors (Lipinski definition) is 0. The van der Waals surface area contributed by atoms with Crippen molar-refractivity contribution in [3.63, 3.8) is 0 Å². The van der Waals surface area contributed by atoms with Crippen molar-refractivity contribution in [3.8, 4) is 0 Å². The maximum Gasteiger partial charge on any atom is 0.271 e. The van der Waals surface area contributed by atoms with E-state index in [1.807, 2.05) is 12.3 Å². The average Bonchev–Trinajstić information content (AvgIpc) is 3.00. The third kappa shape index (κ3) is 2.06. The average molecular weight is 288 g/mol. The first-order valence-corrected chi connectivity index (χ1v) is 7.40. The van der Waals surface area contributed by atoms with Crippen LogP contribution in [0.3, 0.4) is 0 Å². The van der Waals surface area contributed by atoms with E-state index in [0.717, 1.165) is 21.5 Å². The van der Waals surface area contributed by atoms with Gasteiger partial charge in [-0.05, 0) is 31.7 Å². The van der Waals surface area contributed by atoms with Crippen LogP contribution in [0.1, 0.15) is 31.1 Å². The minimum absolute atomic E-state index is 0.0182. The lowest BCUT2D eigenvalue weighted by Gasteiger charge is -2.12. The third-order valence-electron chi connectivity index (χ3n) is 3.36. The lowest BCUT2D eigenvalue weighted by molar-refractivity contribution is 0.557. The van der Waals surface area contributed by atoms with Gasteiger partial charge in [0.15, 0.2) is 0 Å². The molecule has 5 nitrogen and oxygen atoms in total. The molecule has 20 heavy (non-hydrogen) atoms. The van der Waals surface area contributed by atoms with Gasteiger partial charge in [0.1, 0.15) is 4.70 Å². The van der Waals surface area contributed by atoms with E-state index in [1.54, 1.807) is 23.4 Å². The maximum atomic E-state index is 12.5. The van der Waals surface area contributed by atoms with Gasteiger partial charge >= 0.3 is 0 Å². The largest absolute Gasteiger partial charge is 0.330 e. The molecule has 0 saturated carbocycles.